The quantitative estimate of drug-likeness (QED) is 0.146. The van der Waals surface area contributed by atoms with Crippen molar-refractivity contribution in [3.8, 4) is 0 Å². The fraction of sp³-hybridized carbons (Fsp3) is 1.00. The third-order valence-corrected chi connectivity index (χ3v) is 19.6. The summed E-state index contributed by atoms with van der Waals surface area (Å²) in [6.45, 7) is 24.1. The molecule has 2 heterocycles. The van der Waals surface area contributed by atoms with Gasteiger partial charge in [0.25, 0.3) is 0 Å². The topological polar surface area (TPSA) is 85.6 Å². The number of hydroxylamine groups is 4. The Bertz CT molecular complexity index is 678. The average Bonchev–Trinajstić information content (AvgIpc) is 2.83. The van der Waals surface area contributed by atoms with Crippen molar-refractivity contribution in [1.82, 2.24) is 10.1 Å². The molecule has 7 nitrogen and oxygen atoms in total. The van der Waals surface area contributed by atoms with Crippen LogP contribution in [0.15, 0.2) is 0 Å². The molecule has 0 saturated carbocycles. The molecule has 0 radical (unpaired) electrons. The molecular weight excluding hydrogens is 635 g/mol. The number of hydrogen-bond acceptors (Lipinski definition) is 7. The van der Waals surface area contributed by atoms with Crippen LogP contribution in [0.5, 0.6) is 0 Å². The summed E-state index contributed by atoms with van der Waals surface area (Å²) in [5.41, 5.74) is -1.16. The van der Waals surface area contributed by atoms with Gasteiger partial charge in [-0.05, 0) is 81.1 Å². The second-order valence-electron chi connectivity index (χ2n) is 15.8. The molecule has 2 aliphatic heterocycles. The molecule has 1 unspecified atom stereocenters. The van der Waals surface area contributed by atoms with Crippen LogP contribution in [-0.2, 0) is 9.68 Å². The molecule has 2 rings (SSSR count). The minimum atomic E-state index is -0.967. The van der Waals surface area contributed by atoms with Crippen LogP contribution < -0.4 is 0 Å². The second kappa shape index (κ2) is 18.6. The van der Waals surface area contributed by atoms with E-state index in [2.05, 4.69) is 76.2 Å². The Hall–Kier alpha value is 0.519. The van der Waals surface area contributed by atoms with Crippen LogP contribution in [0.2, 0.25) is 13.3 Å². The van der Waals surface area contributed by atoms with Gasteiger partial charge in [0.15, 0.2) is 0 Å². The van der Waals surface area contributed by atoms with E-state index in [0.29, 0.717) is 38.7 Å². The van der Waals surface area contributed by atoms with E-state index >= 15 is 0 Å². The fourth-order valence-electron chi connectivity index (χ4n) is 7.56. The molecule has 252 valence electrons. The minimum absolute atomic E-state index is 0.192. The third kappa shape index (κ3) is 13.9. The zero-order valence-corrected chi connectivity index (χ0v) is 33.0. The standard InChI is InChI=1S/C22H44N2O5.3C4H9.Sn.H/c1-19(2)11-17(26)12-20(3,4)23(19)28-10-9-16(25)15-29-24-21(5,6)13-18(27)14-22(24,7)8;3*1-3-4-2;;/h16-18,25-27H,9-15H2,1-8H3;3*1,3-4H2,2H3;;. The molecule has 2 aliphatic rings. The summed E-state index contributed by atoms with van der Waals surface area (Å²) >= 11 is -0.967. The third-order valence-electron chi connectivity index (χ3n) is 9.11. The van der Waals surface area contributed by atoms with Crippen LogP contribution in [0.3, 0.4) is 0 Å². The van der Waals surface area contributed by atoms with E-state index < -0.39 is 25.9 Å². The van der Waals surface area contributed by atoms with Gasteiger partial charge in [-0.25, -0.2) is 0 Å². The van der Waals surface area contributed by atoms with Crippen LogP contribution in [0.1, 0.15) is 147 Å². The summed E-state index contributed by atoms with van der Waals surface area (Å²) in [5, 5.41) is 34.7. The summed E-state index contributed by atoms with van der Waals surface area (Å²) in [6, 6.07) is 0. The summed E-state index contributed by atoms with van der Waals surface area (Å²) in [4.78, 5) is 12.1. The zero-order chi connectivity index (χ0) is 32.2. The van der Waals surface area contributed by atoms with Gasteiger partial charge in [-0.1, -0.05) is 0 Å². The van der Waals surface area contributed by atoms with Crippen LogP contribution in [0, 0.1) is 0 Å². The van der Waals surface area contributed by atoms with Crippen molar-refractivity contribution in [3.05, 3.63) is 0 Å². The Labute approximate surface area is 267 Å². The van der Waals surface area contributed by atoms with Gasteiger partial charge >= 0.3 is 92.4 Å². The Morgan fingerprint density at radius 1 is 0.643 bits per heavy atom. The summed E-state index contributed by atoms with van der Waals surface area (Å²) in [6.07, 6.45) is 10.6. The van der Waals surface area contributed by atoms with Gasteiger partial charge in [0, 0.05) is 28.6 Å². The molecule has 8 heteroatoms. The van der Waals surface area contributed by atoms with Crippen LogP contribution >= 0.6 is 0 Å². The molecule has 2 fully saturated rings. The predicted octanol–water partition coefficient (Wildman–Crippen LogP) is 7.24. The van der Waals surface area contributed by atoms with Crippen molar-refractivity contribution in [2.45, 2.75) is 201 Å². The molecule has 0 spiro atoms. The molecule has 0 aromatic rings. The maximum absolute atomic E-state index is 10.5. The average molecular weight is 708 g/mol. The van der Waals surface area contributed by atoms with Crippen molar-refractivity contribution < 1.29 is 25.0 Å². The molecule has 42 heavy (non-hydrogen) atoms. The molecule has 0 aromatic heterocycles. The molecule has 3 N–H and O–H groups in total. The van der Waals surface area contributed by atoms with E-state index in [1.807, 2.05) is 10.1 Å². The maximum atomic E-state index is 10.5. The number of hydrogen-bond donors (Lipinski definition) is 3. The number of rotatable bonds is 16. The first-order valence-corrected chi connectivity index (χ1v) is 24.3. The molecule has 0 aliphatic carbocycles. The first-order valence-electron chi connectivity index (χ1n) is 17.3. The second-order valence-corrected chi connectivity index (χ2v) is 25.7. The van der Waals surface area contributed by atoms with E-state index in [1.165, 1.54) is 38.5 Å². The first kappa shape index (κ1) is 40.5. The van der Waals surface area contributed by atoms with E-state index in [9.17, 15) is 15.3 Å². The van der Waals surface area contributed by atoms with Crippen LogP contribution in [0.25, 0.3) is 0 Å². The van der Waals surface area contributed by atoms with Crippen LogP contribution in [-0.4, -0.2) is 98.9 Å². The Balaban J connectivity index is 0.000000572. The molecule has 0 bridgehead atoms. The predicted molar refractivity (Wildman–Crippen MR) is 179 cm³/mol. The van der Waals surface area contributed by atoms with Crippen molar-refractivity contribution in [1.29, 1.82) is 0 Å². The number of aliphatic hydroxyl groups excluding tert-OH is 3. The van der Waals surface area contributed by atoms with Gasteiger partial charge in [0.05, 0.1) is 31.5 Å². The number of piperidine rings is 2. The Morgan fingerprint density at radius 2 is 0.976 bits per heavy atom. The van der Waals surface area contributed by atoms with E-state index in [4.69, 9.17) is 9.68 Å². The van der Waals surface area contributed by atoms with E-state index in [1.54, 1.807) is 13.3 Å². The molecule has 0 aromatic carbocycles. The van der Waals surface area contributed by atoms with Gasteiger partial charge in [-0.3, -0.25) is 9.68 Å². The summed E-state index contributed by atoms with van der Waals surface area (Å²) in [5.74, 6) is 0. The number of nitrogens with zero attached hydrogens (tertiary/aromatic N) is 2. The monoisotopic (exact) mass is 708 g/mol. The molecule has 2 saturated heterocycles. The normalized spacial score (nSPS) is 23.5. The Kier molecular flexibility index (Phi) is 18.0. The van der Waals surface area contributed by atoms with Gasteiger partial charge in [0.1, 0.15) is 0 Å². The van der Waals surface area contributed by atoms with Gasteiger partial charge in [-0.15, -0.1) is 0 Å². The summed E-state index contributed by atoms with van der Waals surface area (Å²) in [7, 11) is 0. The zero-order valence-electron chi connectivity index (χ0n) is 29.7. The fourth-order valence-corrected chi connectivity index (χ4v) is 18.5. The molecule has 1 atom stereocenters. The van der Waals surface area contributed by atoms with Crippen molar-refractivity contribution in [3.63, 3.8) is 0 Å². The summed E-state index contributed by atoms with van der Waals surface area (Å²) < 4.78 is 5.08. The SMILES string of the molecule is CC1(C)CC(O)CC(C)(C)N1OCCC(O)CON1C(C)(C)CC(O)CC1(C)C.CCC[CH2][SnH]([CH2]CCC)[CH2]CCC. The van der Waals surface area contributed by atoms with E-state index in [-0.39, 0.29) is 41.0 Å². The van der Waals surface area contributed by atoms with Crippen molar-refractivity contribution >= 4 is 19.8 Å². The van der Waals surface area contributed by atoms with Gasteiger partial charge in [0.2, 0.25) is 0 Å². The molecular formula is C34H72N2O5Sn. The number of aliphatic hydroxyl groups is 3. The number of unbranched alkanes of at least 4 members (excludes halogenated alkanes) is 3. The van der Waals surface area contributed by atoms with E-state index in [0.717, 1.165) is 0 Å². The first-order chi connectivity index (χ1) is 19.4. The van der Waals surface area contributed by atoms with Gasteiger partial charge in [-0.2, -0.15) is 10.1 Å². The molecule has 0 amide bonds. The Morgan fingerprint density at radius 3 is 1.31 bits per heavy atom. The van der Waals surface area contributed by atoms with Crippen molar-refractivity contribution in [2.75, 3.05) is 13.2 Å². The van der Waals surface area contributed by atoms with Crippen LogP contribution in [0.4, 0.5) is 0 Å². The van der Waals surface area contributed by atoms with Gasteiger partial charge < -0.3 is 15.3 Å². The van der Waals surface area contributed by atoms with Crippen molar-refractivity contribution in [2.24, 2.45) is 0 Å².